The molecule has 3 aromatic rings. The number of carbonyl (C=O) groups excluding carboxylic acids is 2. The molecule has 0 radical (unpaired) electrons. The van der Waals surface area contributed by atoms with Crippen molar-refractivity contribution in [1.29, 1.82) is 0 Å². The van der Waals surface area contributed by atoms with Crippen LogP contribution < -0.4 is 10.6 Å². The highest BCUT2D eigenvalue weighted by molar-refractivity contribution is 6.34. The predicted octanol–water partition coefficient (Wildman–Crippen LogP) is 5.45. The lowest BCUT2D eigenvalue weighted by Crippen LogP contribution is -2.31. The molecule has 0 saturated carbocycles. The van der Waals surface area contributed by atoms with E-state index in [4.69, 9.17) is 23.2 Å². The minimum atomic E-state index is -0.764. The maximum atomic E-state index is 13.4. The third-order valence-electron chi connectivity index (χ3n) is 4.18. The second-order valence-corrected chi connectivity index (χ2v) is 7.24. The first-order valence-electron chi connectivity index (χ1n) is 9.03. The molecule has 0 heterocycles. The van der Waals surface area contributed by atoms with Crippen LogP contribution in [-0.4, -0.2) is 16.7 Å². The quantitative estimate of drug-likeness (QED) is 0.282. The monoisotopic (exact) mass is 473 g/mol. The van der Waals surface area contributed by atoms with Crippen molar-refractivity contribution in [1.82, 2.24) is 5.32 Å². The van der Waals surface area contributed by atoms with Crippen molar-refractivity contribution in [2.45, 2.75) is 0 Å². The van der Waals surface area contributed by atoms with Crippen LogP contribution in [0.5, 0.6) is 0 Å². The van der Waals surface area contributed by atoms with E-state index < -0.39 is 22.6 Å². The Bertz CT molecular complexity index is 1250. The first kappa shape index (κ1) is 22.9. The molecule has 0 saturated heterocycles. The molecule has 32 heavy (non-hydrogen) atoms. The van der Waals surface area contributed by atoms with Gasteiger partial charge in [0.1, 0.15) is 11.5 Å². The highest BCUT2D eigenvalue weighted by Crippen LogP contribution is 2.21. The van der Waals surface area contributed by atoms with Crippen LogP contribution in [0.15, 0.2) is 72.4 Å². The van der Waals surface area contributed by atoms with Gasteiger partial charge in [0.05, 0.1) is 20.5 Å². The topological polar surface area (TPSA) is 101 Å². The van der Waals surface area contributed by atoms with E-state index in [0.717, 1.165) is 6.07 Å². The van der Waals surface area contributed by atoms with Crippen LogP contribution in [-0.2, 0) is 4.79 Å². The molecule has 162 valence electrons. The molecule has 10 heteroatoms. The fourth-order valence-electron chi connectivity index (χ4n) is 2.66. The van der Waals surface area contributed by atoms with Crippen LogP contribution >= 0.6 is 23.2 Å². The maximum Gasteiger partial charge on any atom is 0.272 e. The number of amides is 2. The summed E-state index contributed by atoms with van der Waals surface area (Å²) < 4.78 is 13.4. The Hall–Kier alpha value is -3.75. The average molecular weight is 474 g/mol. The summed E-state index contributed by atoms with van der Waals surface area (Å²) in [5.74, 6) is -2.09. The van der Waals surface area contributed by atoms with Gasteiger partial charge in [-0.3, -0.25) is 19.7 Å². The van der Waals surface area contributed by atoms with E-state index in [0.29, 0.717) is 5.56 Å². The van der Waals surface area contributed by atoms with Gasteiger partial charge in [-0.1, -0.05) is 47.5 Å². The van der Waals surface area contributed by atoms with E-state index in [-0.39, 0.29) is 32.7 Å². The molecule has 2 amide bonds. The van der Waals surface area contributed by atoms with E-state index in [9.17, 15) is 24.1 Å². The highest BCUT2D eigenvalue weighted by Gasteiger charge is 2.18. The number of rotatable bonds is 6. The van der Waals surface area contributed by atoms with Crippen LogP contribution in [0.4, 0.5) is 15.8 Å². The molecular formula is C22H14Cl2FN3O4. The number of carbonyl (C=O) groups is 2. The third kappa shape index (κ3) is 5.69. The number of nitrogens with one attached hydrogen (secondary N) is 2. The summed E-state index contributed by atoms with van der Waals surface area (Å²) in [6.45, 7) is 0. The van der Waals surface area contributed by atoms with Gasteiger partial charge in [0, 0.05) is 17.8 Å². The fourth-order valence-corrected chi connectivity index (χ4v) is 3.06. The van der Waals surface area contributed by atoms with Crippen molar-refractivity contribution in [3.8, 4) is 0 Å². The Morgan fingerprint density at radius 3 is 2.41 bits per heavy atom. The number of nitrogens with zero attached hydrogens (tertiary/aromatic N) is 1. The largest absolute Gasteiger partial charge is 0.321 e. The lowest BCUT2D eigenvalue weighted by atomic mass is 10.1. The van der Waals surface area contributed by atoms with Gasteiger partial charge in [0.2, 0.25) is 0 Å². The SMILES string of the molecule is O=C(Nc1ccc(F)c(Cl)c1)C(=Cc1cccc([N+](=O)[O-])c1)NC(=O)c1ccccc1Cl. The van der Waals surface area contributed by atoms with Gasteiger partial charge in [-0.05, 0) is 42.0 Å². The van der Waals surface area contributed by atoms with Gasteiger partial charge in [-0.15, -0.1) is 0 Å². The summed E-state index contributed by atoms with van der Waals surface area (Å²) in [5, 5.41) is 16.0. The minimum Gasteiger partial charge on any atom is -0.321 e. The number of anilines is 1. The van der Waals surface area contributed by atoms with Crippen LogP contribution in [0.2, 0.25) is 10.0 Å². The number of hydrogen-bond donors (Lipinski definition) is 2. The molecule has 3 rings (SSSR count). The summed E-state index contributed by atoms with van der Waals surface area (Å²) in [5.41, 5.74) is 0.174. The van der Waals surface area contributed by atoms with Crippen molar-refractivity contribution in [3.05, 3.63) is 110 Å². The number of nitro benzene ring substituents is 1. The zero-order chi connectivity index (χ0) is 23.3. The first-order valence-corrected chi connectivity index (χ1v) is 9.78. The Labute approximate surface area is 191 Å². The van der Waals surface area contributed by atoms with E-state index in [1.54, 1.807) is 12.1 Å². The lowest BCUT2D eigenvalue weighted by Gasteiger charge is -2.12. The van der Waals surface area contributed by atoms with E-state index in [1.807, 2.05) is 0 Å². The van der Waals surface area contributed by atoms with E-state index in [1.165, 1.54) is 54.6 Å². The van der Waals surface area contributed by atoms with E-state index in [2.05, 4.69) is 10.6 Å². The summed E-state index contributed by atoms with van der Waals surface area (Å²) in [4.78, 5) is 36.1. The molecule has 0 aliphatic heterocycles. The second-order valence-electron chi connectivity index (χ2n) is 6.43. The zero-order valence-electron chi connectivity index (χ0n) is 16.1. The third-order valence-corrected chi connectivity index (χ3v) is 4.80. The van der Waals surface area contributed by atoms with Gasteiger partial charge in [0.25, 0.3) is 17.5 Å². The summed E-state index contributed by atoms with van der Waals surface area (Å²) in [7, 11) is 0. The predicted molar refractivity (Wildman–Crippen MR) is 120 cm³/mol. The van der Waals surface area contributed by atoms with Gasteiger partial charge in [-0.2, -0.15) is 0 Å². The van der Waals surface area contributed by atoms with Crippen LogP contribution in [0.25, 0.3) is 6.08 Å². The van der Waals surface area contributed by atoms with Crippen molar-refractivity contribution in [2.24, 2.45) is 0 Å². The second kappa shape index (κ2) is 10.0. The molecule has 0 aliphatic carbocycles. The molecule has 0 aliphatic rings. The van der Waals surface area contributed by atoms with Gasteiger partial charge >= 0.3 is 0 Å². The van der Waals surface area contributed by atoms with Crippen molar-refractivity contribution < 1.29 is 18.9 Å². The Morgan fingerprint density at radius 1 is 0.969 bits per heavy atom. The summed E-state index contributed by atoms with van der Waals surface area (Å²) >= 11 is 11.8. The molecule has 0 unspecified atom stereocenters. The first-order chi connectivity index (χ1) is 15.2. The molecule has 0 atom stereocenters. The Kier molecular flexibility index (Phi) is 7.19. The molecule has 0 fully saturated rings. The van der Waals surface area contributed by atoms with Crippen molar-refractivity contribution in [2.75, 3.05) is 5.32 Å². The van der Waals surface area contributed by atoms with Crippen LogP contribution in [0.3, 0.4) is 0 Å². The van der Waals surface area contributed by atoms with Gasteiger partial charge in [-0.25, -0.2) is 4.39 Å². The van der Waals surface area contributed by atoms with Crippen LogP contribution in [0.1, 0.15) is 15.9 Å². The standard InChI is InChI=1S/C22H14Cl2FN3O4/c23-17-7-2-1-6-16(17)21(29)27-20(11-13-4-3-5-15(10-13)28(31)32)22(30)26-14-8-9-19(25)18(24)12-14/h1-12H,(H,26,30)(H,27,29). The molecule has 7 nitrogen and oxygen atoms in total. The van der Waals surface area contributed by atoms with Gasteiger partial charge in [0.15, 0.2) is 0 Å². The number of nitro groups is 1. The maximum absolute atomic E-state index is 13.4. The van der Waals surface area contributed by atoms with E-state index >= 15 is 0 Å². The number of benzene rings is 3. The molecular weight excluding hydrogens is 460 g/mol. The Balaban J connectivity index is 1.96. The highest BCUT2D eigenvalue weighted by atomic mass is 35.5. The van der Waals surface area contributed by atoms with Crippen molar-refractivity contribution in [3.63, 3.8) is 0 Å². The summed E-state index contributed by atoms with van der Waals surface area (Å²) in [6, 6.07) is 15.3. The normalized spacial score (nSPS) is 11.0. The Morgan fingerprint density at radius 2 is 1.72 bits per heavy atom. The molecule has 0 bridgehead atoms. The lowest BCUT2D eigenvalue weighted by molar-refractivity contribution is -0.384. The van der Waals surface area contributed by atoms with Crippen molar-refractivity contribution >= 4 is 52.5 Å². The molecule has 0 aromatic heterocycles. The molecule has 3 aromatic carbocycles. The fraction of sp³-hybridized carbons (Fsp3) is 0. The number of hydrogen-bond acceptors (Lipinski definition) is 4. The smallest absolute Gasteiger partial charge is 0.272 e. The number of non-ortho nitro benzene ring substituents is 1. The zero-order valence-corrected chi connectivity index (χ0v) is 17.7. The average Bonchev–Trinajstić information content (AvgIpc) is 2.76. The summed E-state index contributed by atoms with van der Waals surface area (Å²) in [6.07, 6.45) is 1.27. The molecule has 2 N–H and O–H groups in total. The van der Waals surface area contributed by atoms with Crippen LogP contribution in [0, 0.1) is 15.9 Å². The minimum absolute atomic E-state index is 0.122. The molecule has 0 spiro atoms. The number of halogens is 3. The van der Waals surface area contributed by atoms with Gasteiger partial charge < -0.3 is 10.6 Å².